The average Bonchev–Trinajstić information content (AvgIpc) is 3.12. The van der Waals surface area contributed by atoms with Crippen molar-refractivity contribution >= 4 is 11.7 Å². The molecular weight excluding hydrogens is 357 g/mol. The van der Waals surface area contributed by atoms with Gasteiger partial charge in [-0.2, -0.15) is 4.98 Å². The number of nitrogens with zero attached hydrogens (tertiary/aromatic N) is 5. The summed E-state index contributed by atoms with van der Waals surface area (Å²) in [4.78, 5) is 24.0. The second-order valence-electron chi connectivity index (χ2n) is 7.54. The van der Waals surface area contributed by atoms with E-state index in [4.69, 9.17) is 0 Å². The summed E-state index contributed by atoms with van der Waals surface area (Å²) in [6, 6.07) is 8.37. The minimum Gasteiger partial charge on any atom is -0.329 e. The molecule has 4 rings (SSSR count). The number of rotatable bonds is 4. The third kappa shape index (κ3) is 3.74. The van der Waals surface area contributed by atoms with E-state index in [1.807, 2.05) is 24.8 Å². The monoisotopic (exact) mass is 381 g/mol. The van der Waals surface area contributed by atoms with Gasteiger partial charge in [-0.3, -0.25) is 4.79 Å². The van der Waals surface area contributed by atoms with Crippen LogP contribution in [0.15, 0.2) is 30.3 Å². The molecule has 0 saturated heterocycles. The third-order valence-electron chi connectivity index (χ3n) is 5.35. The van der Waals surface area contributed by atoms with Crippen LogP contribution in [-0.4, -0.2) is 36.4 Å². The molecule has 1 fully saturated rings. The molecule has 0 unspecified atom stereocenters. The molecule has 2 aromatic heterocycles. The molecule has 1 aliphatic rings. The fourth-order valence-corrected chi connectivity index (χ4v) is 3.93. The number of carbonyl (C=O) groups excluding carboxylic acids is 1. The van der Waals surface area contributed by atoms with Crippen LogP contribution < -0.4 is 0 Å². The zero-order valence-electron chi connectivity index (χ0n) is 16.2. The molecule has 0 bridgehead atoms. The molecule has 146 valence electrons. The van der Waals surface area contributed by atoms with Crippen molar-refractivity contribution < 1.29 is 9.18 Å². The van der Waals surface area contributed by atoms with Crippen molar-refractivity contribution in [2.45, 2.75) is 58.5 Å². The molecule has 1 amide bonds. The van der Waals surface area contributed by atoms with Crippen molar-refractivity contribution in [1.29, 1.82) is 0 Å². The van der Waals surface area contributed by atoms with Crippen LogP contribution in [0.25, 0.3) is 5.78 Å². The molecule has 0 atom stereocenters. The Morgan fingerprint density at radius 1 is 1.14 bits per heavy atom. The maximum absolute atomic E-state index is 13.4. The van der Waals surface area contributed by atoms with E-state index in [1.165, 1.54) is 18.6 Å². The number of hydrogen-bond donors (Lipinski definition) is 0. The smallest absolute Gasteiger partial charge is 0.294 e. The zero-order valence-corrected chi connectivity index (χ0v) is 16.2. The normalized spacial score (nSPS) is 15.1. The van der Waals surface area contributed by atoms with Gasteiger partial charge in [-0.15, -0.1) is 5.10 Å². The van der Waals surface area contributed by atoms with E-state index in [0.717, 1.165) is 42.6 Å². The first kappa shape index (κ1) is 18.5. The lowest BCUT2D eigenvalue weighted by molar-refractivity contribution is 0.0602. The Morgan fingerprint density at radius 3 is 2.57 bits per heavy atom. The molecule has 6 nitrogen and oxygen atoms in total. The van der Waals surface area contributed by atoms with E-state index in [2.05, 4.69) is 15.1 Å². The summed E-state index contributed by atoms with van der Waals surface area (Å²) in [5.74, 6) is 0.122. The van der Waals surface area contributed by atoms with Gasteiger partial charge in [-0.25, -0.2) is 13.9 Å². The molecule has 1 aromatic carbocycles. The van der Waals surface area contributed by atoms with Gasteiger partial charge in [0.1, 0.15) is 5.82 Å². The van der Waals surface area contributed by atoms with Gasteiger partial charge in [-0.05, 0) is 50.5 Å². The molecule has 3 aromatic rings. The second kappa shape index (κ2) is 7.66. The number of fused-ring (bicyclic) bond motifs is 1. The number of aromatic nitrogens is 4. The van der Waals surface area contributed by atoms with Gasteiger partial charge in [-0.1, -0.05) is 31.4 Å². The maximum atomic E-state index is 13.4. The Kier molecular flexibility index (Phi) is 5.07. The molecule has 0 radical (unpaired) electrons. The summed E-state index contributed by atoms with van der Waals surface area (Å²) in [5, 5.41) is 4.42. The van der Waals surface area contributed by atoms with Gasteiger partial charge in [0, 0.05) is 24.0 Å². The van der Waals surface area contributed by atoms with E-state index in [1.54, 1.807) is 16.6 Å². The first-order valence-electron chi connectivity index (χ1n) is 9.78. The Hall–Kier alpha value is -2.83. The van der Waals surface area contributed by atoms with E-state index < -0.39 is 0 Å². The quantitative estimate of drug-likeness (QED) is 0.688. The van der Waals surface area contributed by atoms with Gasteiger partial charge >= 0.3 is 0 Å². The number of hydrogen-bond acceptors (Lipinski definition) is 4. The van der Waals surface area contributed by atoms with Crippen LogP contribution >= 0.6 is 0 Å². The zero-order chi connectivity index (χ0) is 19.7. The van der Waals surface area contributed by atoms with E-state index in [9.17, 15) is 9.18 Å². The van der Waals surface area contributed by atoms with Crippen LogP contribution in [0.1, 0.15) is 59.7 Å². The summed E-state index contributed by atoms with van der Waals surface area (Å²) in [5.41, 5.74) is 2.62. The molecule has 0 N–H and O–H groups in total. The number of carbonyl (C=O) groups is 1. The second-order valence-corrected chi connectivity index (χ2v) is 7.54. The summed E-state index contributed by atoms with van der Waals surface area (Å²) in [6.07, 6.45) is 5.35. The molecule has 0 aliphatic heterocycles. The van der Waals surface area contributed by atoms with Crippen molar-refractivity contribution in [3.63, 3.8) is 0 Å². The lowest BCUT2D eigenvalue weighted by atomic mass is 9.93. The lowest BCUT2D eigenvalue weighted by Crippen LogP contribution is -2.41. The van der Waals surface area contributed by atoms with Crippen molar-refractivity contribution in [3.8, 4) is 0 Å². The van der Waals surface area contributed by atoms with Crippen LogP contribution in [0, 0.1) is 19.7 Å². The van der Waals surface area contributed by atoms with Gasteiger partial charge in [0.05, 0.1) is 0 Å². The van der Waals surface area contributed by atoms with E-state index in [0.29, 0.717) is 12.3 Å². The summed E-state index contributed by atoms with van der Waals surface area (Å²) in [6.45, 7) is 4.23. The molecule has 1 saturated carbocycles. The molecule has 2 heterocycles. The summed E-state index contributed by atoms with van der Waals surface area (Å²) in [7, 11) is 0. The first-order valence-corrected chi connectivity index (χ1v) is 9.78. The summed E-state index contributed by atoms with van der Waals surface area (Å²) >= 11 is 0. The largest absolute Gasteiger partial charge is 0.329 e. The van der Waals surface area contributed by atoms with E-state index in [-0.39, 0.29) is 23.6 Å². The Morgan fingerprint density at radius 2 is 1.86 bits per heavy atom. The number of benzene rings is 1. The van der Waals surface area contributed by atoms with Crippen LogP contribution in [0.4, 0.5) is 4.39 Å². The standard InChI is InChI=1S/C21H24FN5O/c1-14-12-15(2)27-21(23-14)24-19(25-27)20(28)26(18-6-4-3-5-7-18)13-16-8-10-17(22)11-9-16/h8-12,18H,3-7,13H2,1-2H3. The average molecular weight is 381 g/mol. The topological polar surface area (TPSA) is 63.4 Å². The Bertz CT molecular complexity index is 992. The van der Waals surface area contributed by atoms with Crippen LogP contribution in [-0.2, 0) is 6.54 Å². The van der Waals surface area contributed by atoms with Crippen molar-refractivity contribution in [2.75, 3.05) is 0 Å². The van der Waals surface area contributed by atoms with Crippen molar-refractivity contribution in [2.24, 2.45) is 0 Å². The highest BCUT2D eigenvalue weighted by Crippen LogP contribution is 2.25. The third-order valence-corrected chi connectivity index (χ3v) is 5.35. The summed E-state index contributed by atoms with van der Waals surface area (Å²) < 4.78 is 14.9. The Balaban J connectivity index is 1.67. The lowest BCUT2D eigenvalue weighted by Gasteiger charge is -2.33. The van der Waals surface area contributed by atoms with Crippen molar-refractivity contribution in [3.05, 3.63) is 58.9 Å². The highest BCUT2D eigenvalue weighted by atomic mass is 19.1. The SMILES string of the molecule is Cc1cc(C)n2nc(C(=O)N(Cc3ccc(F)cc3)C3CCCCC3)nc2n1. The molecule has 1 aliphatic carbocycles. The first-order chi connectivity index (χ1) is 13.5. The van der Waals surface area contributed by atoms with Crippen LogP contribution in [0.2, 0.25) is 0 Å². The van der Waals surface area contributed by atoms with Gasteiger partial charge in [0.2, 0.25) is 5.82 Å². The van der Waals surface area contributed by atoms with Gasteiger partial charge < -0.3 is 4.90 Å². The molecule has 7 heteroatoms. The highest BCUT2D eigenvalue weighted by Gasteiger charge is 2.29. The predicted octanol–water partition coefficient (Wildman–Crippen LogP) is 3.86. The number of amides is 1. The Labute approximate surface area is 163 Å². The van der Waals surface area contributed by atoms with E-state index >= 15 is 0 Å². The molecule has 0 spiro atoms. The fourth-order valence-electron chi connectivity index (χ4n) is 3.93. The highest BCUT2D eigenvalue weighted by molar-refractivity contribution is 5.91. The predicted molar refractivity (Wildman–Crippen MR) is 103 cm³/mol. The maximum Gasteiger partial charge on any atom is 0.294 e. The fraction of sp³-hybridized carbons (Fsp3) is 0.429. The van der Waals surface area contributed by atoms with Crippen LogP contribution in [0.3, 0.4) is 0 Å². The minimum atomic E-state index is -0.279. The van der Waals surface area contributed by atoms with Gasteiger partial charge in [0.15, 0.2) is 0 Å². The minimum absolute atomic E-state index is 0.147. The molecular formula is C21H24FN5O. The van der Waals surface area contributed by atoms with Crippen LogP contribution in [0.5, 0.6) is 0 Å². The molecule has 28 heavy (non-hydrogen) atoms. The number of aryl methyl sites for hydroxylation is 2. The van der Waals surface area contributed by atoms with Crippen molar-refractivity contribution in [1.82, 2.24) is 24.5 Å². The number of halogens is 1. The van der Waals surface area contributed by atoms with Gasteiger partial charge in [0.25, 0.3) is 11.7 Å².